The van der Waals surface area contributed by atoms with Gasteiger partial charge in [-0.05, 0) is 30.7 Å². The van der Waals surface area contributed by atoms with Crippen LogP contribution < -0.4 is 4.90 Å². The first-order valence-electron chi connectivity index (χ1n) is 6.54. The minimum Gasteiger partial charge on any atom is -0.280 e. The van der Waals surface area contributed by atoms with Crippen molar-refractivity contribution in [3.05, 3.63) is 60.2 Å². The van der Waals surface area contributed by atoms with E-state index in [9.17, 15) is 4.79 Å². The number of carbonyl (C=O) groups excluding carboxylic acids is 1. The zero-order chi connectivity index (χ0) is 14.2. The first-order chi connectivity index (χ1) is 9.68. The molecule has 1 amide bonds. The van der Waals surface area contributed by atoms with Crippen LogP contribution in [0.4, 0.5) is 11.4 Å². The predicted molar refractivity (Wildman–Crippen MR) is 77.6 cm³/mol. The van der Waals surface area contributed by atoms with Gasteiger partial charge in [0, 0.05) is 5.69 Å². The average Bonchev–Trinajstić information content (AvgIpc) is 2.70. The fourth-order valence-electron chi connectivity index (χ4n) is 2.77. The van der Waals surface area contributed by atoms with Gasteiger partial charge in [-0.3, -0.25) is 9.69 Å². The number of amides is 1. The molecule has 1 aliphatic rings. The van der Waals surface area contributed by atoms with Gasteiger partial charge in [-0.2, -0.15) is 5.26 Å². The fraction of sp³-hybridized carbons (Fsp3) is 0.176. The lowest BCUT2D eigenvalue weighted by molar-refractivity contribution is -0.121. The summed E-state index contributed by atoms with van der Waals surface area (Å²) in [5, 5.41) is 9.07. The van der Waals surface area contributed by atoms with Gasteiger partial charge < -0.3 is 0 Å². The molecule has 3 nitrogen and oxygen atoms in total. The van der Waals surface area contributed by atoms with E-state index in [1.54, 1.807) is 4.90 Å². The van der Waals surface area contributed by atoms with Crippen molar-refractivity contribution in [2.45, 2.75) is 18.8 Å². The van der Waals surface area contributed by atoms with Crippen LogP contribution in [0, 0.1) is 11.3 Å². The normalized spacial score (nSPS) is 20.6. The molecule has 2 aromatic rings. The van der Waals surface area contributed by atoms with E-state index in [0.29, 0.717) is 0 Å². The van der Waals surface area contributed by atoms with E-state index >= 15 is 0 Å². The summed E-state index contributed by atoms with van der Waals surface area (Å²) in [5.74, 6) is -0.0357. The molecule has 0 radical (unpaired) electrons. The number of rotatable bonds is 2. The van der Waals surface area contributed by atoms with E-state index in [1.807, 2.05) is 61.5 Å². The molecule has 98 valence electrons. The Morgan fingerprint density at radius 3 is 2.45 bits per heavy atom. The Kier molecular flexibility index (Phi) is 2.80. The molecule has 0 saturated carbocycles. The minimum atomic E-state index is -0.763. The van der Waals surface area contributed by atoms with E-state index in [0.717, 1.165) is 16.9 Å². The highest BCUT2D eigenvalue weighted by atomic mass is 16.2. The lowest BCUT2D eigenvalue weighted by Gasteiger charge is -2.21. The number of para-hydroxylation sites is 2. The molecule has 3 heteroatoms. The van der Waals surface area contributed by atoms with Crippen LogP contribution in [0.5, 0.6) is 0 Å². The van der Waals surface area contributed by atoms with Crippen LogP contribution in [0.2, 0.25) is 0 Å². The van der Waals surface area contributed by atoms with Crippen LogP contribution in [0.1, 0.15) is 18.9 Å². The Hall–Kier alpha value is -2.60. The van der Waals surface area contributed by atoms with Gasteiger partial charge in [0.1, 0.15) is 0 Å². The van der Waals surface area contributed by atoms with Crippen molar-refractivity contribution in [1.29, 1.82) is 5.26 Å². The topological polar surface area (TPSA) is 44.1 Å². The van der Waals surface area contributed by atoms with Gasteiger partial charge in [0.15, 0.2) is 0 Å². The van der Waals surface area contributed by atoms with Gasteiger partial charge in [0.2, 0.25) is 5.91 Å². The number of carbonyl (C=O) groups is 1. The molecule has 1 atom stereocenters. The lowest BCUT2D eigenvalue weighted by Crippen LogP contribution is -2.35. The summed E-state index contributed by atoms with van der Waals surface area (Å²) < 4.78 is 0. The zero-order valence-corrected chi connectivity index (χ0v) is 11.2. The number of fused-ring (bicyclic) bond motifs is 1. The Morgan fingerprint density at radius 2 is 1.75 bits per heavy atom. The van der Waals surface area contributed by atoms with Crippen molar-refractivity contribution in [2.75, 3.05) is 4.90 Å². The molecule has 0 aromatic heterocycles. The summed E-state index contributed by atoms with van der Waals surface area (Å²) in [6.45, 7) is 1.85. The Morgan fingerprint density at radius 1 is 1.10 bits per heavy atom. The maximum Gasteiger partial charge on any atom is 0.243 e. The van der Waals surface area contributed by atoms with E-state index in [1.165, 1.54) is 0 Å². The second-order valence-electron chi connectivity index (χ2n) is 5.16. The average molecular weight is 262 g/mol. The molecule has 3 rings (SSSR count). The predicted octanol–water partition coefficient (Wildman–Crippen LogP) is 3.54. The summed E-state index contributed by atoms with van der Waals surface area (Å²) in [4.78, 5) is 14.6. The molecule has 0 aliphatic carbocycles. The Labute approximate surface area is 118 Å². The smallest absolute Gasteiger partial charge is 0.243 e. The molecule has 0 bridgehead atoms. The number of benzene rings is 2. The lowest BCUT2D eigenvalue weighted by atomic mass is 9.81. The number of nitrogens with zero attached hydrogens (tertiary/aromatic N) is 2. The van der Waals surface area contributed by atoms with Gasteiger partial charge >= 0.3 is 0 Å². The Balaban J connectivity index is 2.20. The molecule has 2 aromatic carbocycles. The molecule has 0 saturated heterocycles. The molecule has 0 N–H and O–H groups in total. The van der Waals surface area contributed by atoms with Gasteiger partial charge in [-0.1, -0.05) is 36.4 Å². The van der Waals surface area contributed by atoms with Crippen LogP contribution in [-0.4, -0.2) is 5.91 Å². The monoisotopic (exact) mass is 262 g/mol. The SMILES string of the molecule is C[C@@]1(CC#N)C(=O)N(c2ccccc2)c2ccccc21. The quantitative estimate of drug-likeness (QED) is 0.831. The van der Waals surface area contributed by atoms with Gasteiger partial charge in [-0.15, -0.1) is 0 Å². The molecular weight excluding hydrogens is 248 g/mol. The summed E-state index contributed by atoms with van der Waals surface area (Å²) in [6, 6.07) is 19.4. The summed E-state index contributed by atoms with van der Waals surface area (Å²) in [6.07, 6.45) is 0.187. The van der Waals surface area contributed by atoms with E-state index < -0.39 is 5.41 Å². The Bertz CT molecular complexity index is 702. The van der Waals surface area contributed by atoms with Crippen molar-refractivity contribution in [3.8, 4) is 6.07 Å². The third-order valence-corrected chi connectivity index (χ3v) is 3.86. The first kappa shape index (κ1) is 12.4. The molecule has 0 spiro atoms. The van der Waals surface area contributed by atoms with Crippen molar-refractivity contribution >= 4 is 17.3 Å². The van der Waals surface area contributed by atoms with Crippen LogP contribution in [0.3, 0.4) is 0 Å². The molecule has 20 heavy (non-hydrogen) atoms. The molecule has 1 aliphatic heterocycles. The first-order valence-corrected chi connectivity index (χ1v) is 6.54. The second-order valence-corrected chi connectivity index (χ2v) is 5.16. The number of nitriles is 1. The summed E-state index contributed by atoms with van der Waals surface area (Å²) in [7, 11) is 0. The number of anilines is 2. The number of hydrogen-bond acceptors (Lipinski definition) is 2. The fourth-order valence-corrected chi connectivity index (χ4v) is 2.77. The third kappa shape index (κ3) is 1.62. The molecule has 0 fully saturated rings. The van der Waals surface area contributed by atoms with Crippen molar-refractivity contribution in [1.82, 2.24) is 0 Å². The van der Waals surface area contributed by atoms with Crippen molar-refractivity contribution in [2.24, 2.45) is 0 Å². The highest BCUT2D eigenvalue weighted by Gasteiger charge is 2.47. The van der Waals surface area contributed by atoms with E-state index in [2.05, 4.69) is 6.07 Å². The minimum absolute atomic E-state index is 0.0357. The zero-order valence-electron chi connectivity index (χ0n) is 11.2. The van der Waals surface area contributed by atoms with Crippen LogP contribution in [-0.2, 0) is 10.2 Å². The highest BCUT2D eigenvalue weighted by Crippen LogP contribution is 2.46. The van der Waals surface area contributed by atoms with Crippen LogP contribution >= 0.6 is 0 Å². The standard InChI is InChI=1S/C17H14N2O/c1-17(11-12-18)14-9-5-6-10-15(14)19(16(17)20)13-7-3-2-4-8-13/h2-10H,11H2,1H3/t17-/m0/s1. The van der Waals surface area contributed by atoms with Crippen molar-refractivity contribution in [3.63, 3.8) is 0 Å². The van der Waals surface area contributed by atoms with Gasteiger partial charge in [0.25, 0.3) is 0 Å². The summed E-state index contributed by atoms with van der Waals surface area (Å²) in [5.41, 5.74) is 1.88. The molecule has 1 heterocycles. The third-order valence-electron chi connectivity index (χ3n) is 3.86. The van der Waals surface area contributed by atoms with Crippen molar-refractivity contribution < 1.29 is 4.79 Å². The maximum absolute atomic E-state index is 12.8. The van der Waals surface area contributed by atoms with E-state index in [-0.39, 0.29) is 12.3 Å². The van der Waals surface area contributed by atoms with Crippen LogP contribution in [0.25, 0.3) is 0 Å². The summed E-state index contributed by atoms with van der Waals surface area (Å²) >= 11 is 0. The number of hydrogen-bond donors (Lipinski definition) is 0. The van der Waals surface area contributed by atoms with Gasteiger partial charge in [-0.25, -0.2) is 0 Å². The van der Waals surface area contributed by atoms with Gasteiger partial charge in [0.05, 0.1) is 23.6 Å². The molecule has 0 unspecified atom stereocenters. The second kappa shape index (κ2) is 4.50. The largest absolute Gasteiger partial charge is 0.280 e. The van der Waals surface area contributed by atoms with Crippen LogP contribution in [0.15, 0.2) is 54.6 Å². The molecular formula is C17H14N2O. The van der Waals surface area contributed by atoms with E-state index in [4.69, 9.17) is 5.26 Å². The highest BCUT2D eigenvalue weighted by molar-refractivity contribution is 6.12. The maximum atomic E-state index is 12.8.